The molecule has 0 aromatic carbocycles. The van der Waals surface area contributed by atoms with Crippen LogP contribution in [0.1, 0.15) is 56.7 Å². The zero-order chi connectivity index (χ0) is 16.2. The zero-order valence-corrected chi connectivity index (χ0v) is 14.4. The lowest BCUT2D eigenvalue weighted by atomic mass is 9.95. The lowest BCUT2D eigenvalue weighted by molar-refractivity contribution is -0.132. The molecule has 0 aliphatic carbocycles. The van der Waals surface area contributed by atoms with Crippen molar-refractivity contribution in [3.8, 4) is 0 Å². The maximum atomic E-state index is 12.5. The maximum Gasteiger partial charge on any atom is 0.222 e. The predicted molar refractivity (Wildman–Crippen MR) is 89.1 cm³/mol. The van der Waals surface area contributed by atoms with E-state index < -0.39 is 0 Å². The first kappa shape index (κ1) is 16.4. The first-order valence-electron chi connectivity index (χ1n) is 8.97. The lowest BCUT2D eigenvalue weighted by Crippen LogP contribution is -2.40. The van der Waals surface area contributed by atoms with Crippen LogP contribution in [-0.2, 0) is 11.8 Å². The number of rotatable bonds is 4. The molecule has 2 saturated heterocycles. The average molecular weight is 319 g/mol. The first-order chi connectivity index (χ1) is 11.1. The van der Waals surface area contributed by atoms with Crippen LogP contribution in [0.3, 0.4) is 0 Å². The SMILES string of the molecule is CN1CCCC[C@H]1CCC(=O)N1CCC(c2nncn2C)CC1. The summed E-state index contributed by atoms with van der Waals surface area (Å²) in [5.41, 5.74) is 0. The predicted octanol–water partition coefficient (Wildman–Crippen LogP) is 1.79. The Kier molecular flexibility index (Phi) is 5.30. The standard InChI is InChI=1S/C17H29N5O/c1-20-10-4-3-5-15(20)6-7-16(23)22-11-8-14(9-12-22)17-19-18-13-21(17)2/h13-15H,3-12H2,1-2H3/t15-/m0/s1. The highest BCUT2D eigenvalue weighted by Crippen LogP contribution is 2.27. The lowest BCUT2D eigenvalue weighted by Gasteiger charge is -2.34. The van der Waals surface area contributed by atoms with Crippen molar-refractivity contribution >= 4 is 5.91 Å². The minimum Gasteiger partial charge on any atom is -0.343 e. The molecule has 0 unspecified atom stereocenters. The van der Waals surface area contributed by atoms with E-state index in [0.29, 0.717) is 24.3 Å². The first-order valence-corrected chi connectivity index (χ1v) is 8.97. The summed E-state index contributed by atoms with van der Waals surface area (Å²) in [5.74, 6) is 1.83. The topological polar surface area (TPSA) is 54.3 Å². The van der Waals surface area contributed by atoms with Gasteiger partial charge in [-0.25, -0.2) is 0 Å². The summed E-state index contributed by atoms with van der Waals surface area (Å²) < 4.78 is 2.00. The van der Waals surface area contributed by atoms with Gasteiger partial charge in [0.15, 0.2) is 0 Å². The normalized spacial score (nSPS) is 24.1. The van der Waals surface area contributed by atoms with Crippen LogP contribution < -0.4 is 0 Å². The van der Waals surface area contributed by atoms with E-state index in [9.17, 15) is 4.79 Å². The van der Waals surface area contributed by atoms with Crippen molar-refractivity contribution in [2.45, 2.75) is 56.9 Å². The van der Waals surface area contributed by atoms with E-state index in [0.717, 1.165) is 38.2 Å². The molecule has 3 heterocycles. The molecule has 2 aliphatic rings. The molecule has 6 heteroatoms. The quantitative estimate of drug-likeness (QED) is 0.849. The van der Waals surface area contributed by atoms with Crippen LogP contribution in [0.25, 0.3) is 0 Å². The molecule has 2 fully saturated rings. The Bertz CT molecular complexity index is 521. The van der Waals surface area contributed by atoms with Crippen LogP contribution in [0.5, 0.6) is 0 Å². The molecule has 0 bridgehead atoms. The van der Waals surface area contributed by atoms with Crippen molar-refractivity contribution < 1.29 is 4.79 Å². The van der Waals surface area contributed by atoms with E-state index in [4.69, 9.17) is 0 Å². The Morgan fingerprint density at radius 1 is 1.17 bits per heavy atom. The Morgan fingerprint density at radius 3 is 2.61 bits per heavy atom. The number of amides is 1. The molecule has 0 N–H and O–H groups in total. The number of carbonyl (C=O) groups excluding carboxylic acids is 1. The highest BCUT2D eigenvalue weighted by atomic mass is 16.2. The number of carbonyl (C=O) groups is 1. The molecule has 6 nitrogen and oxygen atoms in total. The Hall–Kier alpha value is -1.43. The molecule has 0 saturated carbocycles. The Labute approximate surface area is 138 Å². The van der Waals surface area contributed by atoms with Gasteiger partial charge in [-0.3, -0.25) is 4.79 Å². The van der Waals surface area contributed by atoms with E-state index >= 15 is 0 Å². The van der Waals surface area contributed by atoms with Gasteiger partial charge in [-0.1, -0.05) is 6.42 Å². The van der Waals surface area contributed by atoms with Crippen LogP contribution in [0.15, 0.2) is 6.33 Å². The zero-order valence-electron chi connectivity index (χ0n) is 14.4. The van der Waals surface area contributed by atoms with Gasteiger partial charge in [0, 0.05) is 38.5 Å². The van der Waals surface area contributed by atoms with E-state index in [-0.39, 0.29) is 0 Å². The summed E-state index contributed by atoms with van der Waals surface area (Å²) in [6.07, 6.45) is 9.33. The van der Waals surface area contributed by atoms with Crippen LogP contribution in [0, 0.1) is 0 Å². The molecule has 1 atom stereocenters. The number of nitrogens with zero attached hydrogens (tertiary/aromatic N) is 5. The second-order valence-electron chi connectivity index (χ2n) is 7.12. The van der Waals surface area contributed by atoms with Gasteiger partial charge >= 0.3 is 0 Å². The highest BCUT2D eigenvalue weighted by Gasteiger charge is 2.27. The van der Waals surface area contributed by atoms with Gasteiger partial charge in [0.1, 0.15) is 12.2 Å². The van der Waals surface area contributed by atoms with Crippen molar-refractivity contribution in [3.63, 3.8) is 0 Å². The van der Waals surface area contributed by atoms with Crippen molar-refractivity contribution in [2.75, 3.05) is 26.7 Å². The van der Waals surface area contributed by atoms with Crippen LogP contribution >= 0.6 is 0 Å². The van der Waals surface area contributed by atoms with E-state index in [1.165, 1.54) is 25.8 Å². The number of hydrogen-bond donors (Lipinski definition) is 0. The number of piperidine rings is 2. The summed E-state index contributed by atoms with van der Waals surface area (Å²) in [7, 11) is 4.19. The highest BCUT2D eigenvalue weighted by molar-refractivity contribution is 5.76. The fraction of sp³-hybridized carbons (Fsp3) is 0.824. The van der Waals surface area contributed by atoms with Gasteiger partial charge in [-0.05, 0) is 45.7 Å². The van der Waals surface area contributed by atoms with Crippen molar-refractivity contribution in [1.29, 1.82) is 0 Å². The Balaban J connectivity index is 1.44. The Morgan fingerprint density at radius 2 is 1.96 bits per heavy atom. The van der Waals surface area contributed by atoms with Gasteiger partial charge in [0.05, 0.1) is 0 Å². The minimum absolute atomic E-state index is 0.334. The largest absolute Gasteiger partial charge is 0.343 e. The maximum absolute atomic E-state index is 12.5. The molecule has 2 aliphatic heterocycles. The fourth-order valence-corrected chi connectivity index (χ4v) is 4.01. The third kappa shape index (κ3) is 3.91. The number of hydrogen-bond acceptors (Lipinski definition) is 4. The van der Waals surface area contributed by atoms with Crippen molar-refractivity contribution in [2.24, 2.45) is 7.05 Å². The molecular formula is C17H29N5O. The molecule has 128 valence electrons. The van der Waals surface area contributed by atoms with E-state index in [1.54, 1.807) is 6.33 Å². The summed E-state index contributed by atoms with van der Waals surface area (Å²) in [6, 6.07) is 0.601. The van der Waals surface area contributed by atoms with Crippen LogP contribution in [-0.4, -0.2) is 63.2 Å². The smallest absolute Gasteiger partial charge is 0.222 e. The second-order valence-corrected chi connectivity index (χ2v) is 7.12. The molecule has 0 spiro atoms. The van der Waals surface area contributed by atoms with E-state index in [1.807, 2.05) is 11.6 Å². The summed E-state index contributed by atoms with van der Waals surface area (Å²) in [5, 5.41) is 8.19. The van der Waals surface area contributed by atoms with Gasteiger partial charge in [-0.2, -0.15) is 0 Å². The van der Waals surface area contributed by atoms with Crippen LogP contribution in [0.4, 0.5) is 0 Å². The molecule has 3 rings (SSSR count). The second kappa shape index (κ2) is 7.43. The number of likely N-dealkylation sites (tertiary alicyclic amines) is 2. The average Bonchev–Trinajstić information content (AvgIpc) is 3.00. The van der Waals surface area contributed by atoms with Gasteiger partial charge in [0.25, 0.3) is 0 Å². The van der Waals surface area contributed by atoms with Gasteiger partial charge < -0.3 is 14.4 Å². The van der Waals surface area contributed by atoms with E-state index in [2.05, 4.69) is 27.0 Å². The third-order valence-corrected chi connectivity index (χ3v) is 5.57. The third-order valence-electron chi connectivity index (χ3n) is 5.57. The van der Waals surface area contributed by atoms with Crippen molar-refractivity contribution in [3.05, 3.63) is 12.2 Å². The summed E-state index contributed by atoms with van der Waals surface area (Å²) in [4.78, 5) is 17.0. The van der Waals surface area contributed by atoms with Crippen molar-refractivity contribution in [1.82, 2.24) is 24.6 Å². The number of aromatic nitrogens is 3. The monoisotopic (exact) mass is 319 g/mol. The minimum atomic E-state index is 0.334. The fourth-order valence-electron chi connectivity index (χ4n) is 4.01. The number of aryl methyl sites for hydroxylation is 1. The molecular weight excluding hydrogens is 290 g/mol. The van der Waals surface area contributed by atoms with Gasteiger partial charge in [0.2, 0.25) is 5.91 Å². The molecule has 23 heavy (non-hydrogen) atoms. The summed E-state index contributed by atoms with van der Waals surface area (Å²) >= 11 is 0. The molecule has 1 aromatic heterocycles. The summed E-state index contributed by atoms with van der Waals surface area (Å²) in [6.45, 7) is 2.90. The molecule has 1 amide bonds. The molecule has 1 aromatic rings. The molecule has 0 radical (unpaired) electrons. The van der Waals surface area contributed by atoms with Gasteiger partial charge in [-0.15, -0.1) is 10.2 Å². The van der Waals surface area contributed by atoms with Crippen LogP contribution in [0.2, 0.25) is 0 Å².